The zero-order chi connectivity index (χ0) is 26.2. The number of rotatable bonds is 8. The Morgan fingerprint density at radius 1 is 1.16 bits per heavy atom. The van der Waals surface area contributed by atoms with Crippen LogP contribution in [0.4, 0.5) is 4.39 Å². The number of benzene rings is 2. The van der Waals surface area contributed by atoms with Crippen molar-refractivity contribution in [2.24, 2.45) is 0 Å². The Labute approximate surface area is 225 Å². The number of hydrogen-bond acceptors (Lipinski definition) is 5. The first-order valence-corrected chi connectivity index (χ1v) is 14.3. The van der Waals surface area contributed by atoms with Gasteiger partial charge in [0.2, 0.25) is 0 Å². The van der Waals surface area contributed by atoms with Gasteiger partial charge in [0.25, 0.3) is 5.91 Å². The maximum absolute atomic E-state index is 13.7. The molecule has 3 saturated heterocycles. The van der Waals surface area contributed by atoms with E-state index in [-0.39, 0.29) is 17.6 Å². The fourth-order valence-electron chi connectivity index (χ4n) is 7.15. The molecule has 2 aromatic carbocycles. The third kappa shape index (κ3) is 5.10. The van der Waals surface area contributed by atoms with Crippen molar-refractivity contribution in [3.8, 4) is 6.07 Å². The zero-order valence-electron chi connectivity index (χ0n) is 22.3. The number of fused-ring (bicyclic) bond motifs is 3. The van der Waals surface area contributed by atoms with E-state index in [1.807, 2.05) is 30.1 Å². The van der Waals surface area contributed by atoms with E-state index in [9.17, 15) is 14.4 Å². The Morgan fingerprint density at radius 3 is 2.66 bits per heavy atom. The highest BCUT2D eigenvalue weighted by molar-refractivity contribution is 5.96. The van der Waals surface area contributed by atoms with Crippen molar-refractivity contribution in [2.45, 2.75) is 62.6 Å². The van der Waals surface area contributed by atoms with Crippen molar-refractivity contribution in [3.63, 3.8) is 0 Å². The minimum absolute atomic E-state index is 0.0194. The summed E-state index contributed by atoms with van der Waals surface area (Å²) < 4.78 is 13.7. The van der Waals surface area contributed by atoms with Gasteiger partial charge in [-0.25, -0.2) is 4.39 Å². The number of carbonyl (C=O) groups is 1. The van der Waals surface area contributed by atoms with Gasteiger partial charge >= 0.3 is 0 Å². The number of nitrogens with one attached hydrogen (secondary N) is 1. The lowest BCUT2D eigenvalue weighted by atomic mass is 9.86. The second-order valence-electron chi connectivity index (χ2n) is 11.8. The molecule has 0 radical (unpaired) electrons. The Morgan fingerprint density at radius 2 is 1.95 bits per heavy atom. The SMILES string of the molecule is CN(C[C@@H](CCN1CC(N2C[C@@H]3C[C@H]2CN3)C1)c1ccc(F)cc1)C(=O)c1cc(C#N)cc2c1CCCC2. The summed E-state index contributed by atoms with van der Waals surface area (Å²) >= 11 is 0. The predicted molar refractivity (Wildman–Crippen MR) is 146 cm³/mol. The molecule has 2 aromatic rings. The van der Waals surface area contributed by atoms with E-state index < -0.39 is 0 Å². The summed E-state index contributed by atoms with van der Waals surface area (Å²) in [5.41, 5.74) is 4.57. The molecule has 0 saturated carbocycles. The quantitative estimate of drug-likeness (QED) is 0.583. The van der Waals surface area contributed by atoms with E-state index in [1.165, 1.54) is 25.1 Å². The standard InChI is InChI=1S/C31H38FN5O/c1-35(31(38)30-13-21(15-33)12-23-4-2-3-5-29(23)30)17-24(22-6-8-25(32)9-7-22)10-11-36-19-28(20-36)37-18-26-14-27(37)16-34-26/h6-9,12-13,24,26-28,34H,2-5,10-11,14,16-20H2,1H3/t24-,26+,27+/m1/s1. The zero-order valence-corrected chi connectivity index (χ0v) is 22.3. The molecule has 2 bridgehead atoms. The molecule has 6 nitrogen and oxygen atoms in total. The fourth-order valence-corrected chi connectivity index (χ4v) is 7.15. The van der Waals surface area contributed by atoms with Gasteiger partial charge in [-0.2, -0.15) is 5.26 Å². The average Bonchev–Trinajstić information content (AvgIpc) is 3.55. The summed E-state index contributed by atoms with van der Waals surface area (Å²) in [6.07, 6.45) is 6.21. The number of hydrogen-bond donors (Lipinski definition) is 1. The first kappa shape index (κ1) is 25.5. The summed E-state index contributed by atoms with van der Waals surface area (Å²) in [4.78, 5) is 20.7. The summed E-state index contributed by atoms with van der Waals surface area (Å²) in [6, 6.07) is 14.8. The third-order valence-corrected chi connectivity index (χ3v) is 9.31. The molecular formula is C31H38FN5O. The number of halogens is 1. The molecule has 0 spiro atoms. The van der Waals surface area contributed by atoms with Crippen LogP contribution in [0.5, 0.6) is 0 Å². The first-order valence-electron chi connectivity index (χ1n) is 14.3. The van der Waals surface area contributed by atoms with Crippen LogP contribution < -0.4 is 5.32 Å². The highest BCUT2D eigenvalue weighted by Gasteiger charge is 2.44. The minimum atomic E-state index is -0.239. The van der Waals surface area contributed by atoms with E-state index in [4.69, 9.17) is 0 Å². The van der Waals surface area contributed by atoms with Gasteiger partial charge in [0.05, 0.1) is 11.6 Å². The second-order valence-corrected chi connectivity index (χ2v) is 11.8. The van der Waals surface area contributed by atoms with Gasteiger partial charge in [0.15, 0.2) is 0 Å². The highest BCUT2D eigenvalue weighted by Crippen LogP contribution is 2.31. The van der Waals surface area contributed by atoms with E-state index in [2.05, 4.69) is 21.2 Å². The Hall–Kier alpha value is -2.79. The minimum Gasteiger partial charge on any atom is -0.341 e. The predicted octanol–water partition coefficient (Wildman–Crippen LogP) is 3.55. The van der Waals surface area contributed by atoms with Gasteiger partial charge in [0, 0.05) is 69.4 Å². The van der Waals surface area contributed by atoms with E-state index in [1.54, 1.807) is 6.07 Å². The van der Waals surface area contributed by atoms with Gasteiger partial charge in [-0.05, 0) is 86.0 Å². The van der Waals surface area contributed by atoms with Crippen molar-refractivity contribution in [2.75, 3.05) is 46.3 Å². The molecule has 3 heterocycles. The number of likely N-dealkylation sites (tertiary alicyclic amines) is 2. The monoisotopic (exact) mass is 515 g/mol. The molecule has 1 N–H and O–H groups in total. The molecule has 3 aliphatic heterocycles. The lowest BCUT2D eigenvalue weighted by molar-refractivity contribution is 0.0182. The number of aryl methyl sites for hydroxylation is 1. The van der Waals surface area contributed by atoms with Crippen LogP contribution in [0.2, 0.25) is 0 Å². The van der Waals surface area contributed by atoms with Crippen LogP contribution in [-0.2, 0) is 12.8 Å². The molecule has 4 aliphatic rings. The van der Waals surface area contributed by atoms with Gasteiger partial charge < -0.3 is 15.1 Å². The highest BCUT2D eigenvalue weighted by atomic mass is 19.1. The van der Waals surface area contributed by atoms with Crippen molar-refractivity contribution < 1.29 is 9.18 Å². The van der Waals surface area contributed by atoms with Crippen LogP contribution in [0.25, 0.3) is 0 Å². The maximum Gasteiger partial charge on any atom is 0.253 e. The summed E-state index contributed by atoms with van der Waals surface area (Å²) in [5.74, 6) is -0.142. The van der Waals surface area contributed by atoms with Gasteiger partial charge in [-0.3, -0.25) is 9.69 Å². The van der Waals surface area contributed by atoms with Crippen LogP contribution >= 0.6 is 0 Å². The summed E-state index contributed by atoms with van der Waals surface area (Å²) in [7, 11) is 1.86. The molecule has 6 rings (SSSR count). The normalized spacial score (nSPS) is 24.0. The van der Waals surface area contributed by atoms with Crippen LogP contribution in [0.15, 0.2) is 36.4 Å². The van der Waals surface area contributed by atoms with E-state index in [0.29, 0.717) is 35.8 Å². The lowest BCUT2D eigenvalue weighted by Crippen LogP contribution is -2.63. The van der Waals surface area contributed by atoms with E-state index >= 15 is 0 Å². The number of nitrogens with zero attached hydrogens (tertiary/aromatic N) is 4. The van der Waals surface area contributed by atoms with Crippen LogP contribution in [0.1, 0.15) is 64.2 Å². The molecule has 0 aromatic heterocycles. The number of likely N-dealkylation sites (N-methyl/N-ethyl adjacent to an activating group) is 1. The largest absolute Gasteiger partial charge is 0.341 e. The number of carbonyl (C=O) groups excluding carboxylic acids is 1. The van der Waals surface area contributed by atoms with Crippen LogP contribution in [0.3, 0.4) is 0 Å². The molecule has 1 amide bonds. The Balaban J connectivity index is 1.12. The Kier molecular flexibility index (Phi) is 7.22. The van der Waals surface area contributed by atoms with Gasteiger partial charge in [-0.15, -0.1) is 0 Å². The molecule has 3 atom stereocenters. The first-order chi connectivity index (χ1) is 18.5. The molecule has 3 fully saturated rings. The van der Waals surface area contributed by atoms with Gasteiger partial charge in [0.1, 0.15) is 5.82 Å². The maximum atomic E-state index is 13.7. The molecule has 0 unspecified atom stereocenters. The summed E-state index contributed by atoms with van der Waals surface area (Å²) in [5, 5.41) is 13.1. The van der Waals surface area contributed by atoms with E-state index in [0.717, 1.165) is 75.0 Å². The third-order valence-electron chi connectivity index (χ3n) is 9.31. The van der Waals surface area contributed by atoms with Crippen molar-refractivity contribution in [1.82, 2.24) is 20.0 Å². The van der Waals surface area contributed by atoms with Crippen molar-refractivity contribution >= 4 is 5.91 Å². The molecular weight excluding hydrogens is 477 g/mol. The lowest BCUT2D eigenvalue weighted by Gasteiger charge is -2.47. The molecule has 1 aliphatic carbocycles. The van der Waals surface area contributed by atoms with Crippen LogP contribution in [0, 0.1) is 17.1 Å². The summed E-state index contributed by atoms with van der Waals surface area (Å²) in [6.45, 7) is 6.08. The number of piperazine rings is 1. The topological polar surface area (TPSA) is 62.6 Å². The molecule has 200 valence electrons. The number of nitriles is 1. The molecule has 38 heavy (non-hydrogen) atoms. The van der Waals surface area contributed by atoms with Crippen molar-refractivity contribution in [1.29, 1.82) is 5.26 Å². The van der Waals surface area contributed by atoms with Gasteiger partial charge in [-0.1, -0.05) is 12.1 Å². The number of amides is 1. The average molecular weight is 516 g/mol. The van der Waals surface area contributed by atoms with Crippen LogP contribution in [-0.4, -0.2) is 85.0 Å². The smallest absolute Gasteiger partial charge is 0.253 e. The van der Waals surface area contributed by atoms with Crippen molar-refractivity contribution in [3.05, 3.63) is 70.0 Å². The fraction of sp³-hybridized carbons (Fsp3) is 0.548. The molecule has 7 heteroatoms. The second kappa shape index (κ2) is 10.8. The Bertz CT molecular complexity index is 1220.